The van der Waals surface area contributed by atoms with Gasteiger partial charge in [0.05, 0.1) is 28.7 Å². The minimum Gasteiger partial charge on any atom is -0.267 e. The summed E-state index contributed by atoms with van der Waals surface area (Å²) in [5.41, 5.74) is 7.22. The molecule has 0 saturated carbocycles. The number of nitrogens with zero attached hydrogens (tertiary/aromatic N) is 3. The van der Waals surface area contributed by atoms with Crippen LogP contribution in [-0.4, -0.2) is 22.1 Å². The average molecular weight is 392 g/mol. The first-order valence-corrected chi connectivity index (χ1v) is 9.59. The summed E-state index contributed by atoms with van der Waals surface area (Å²) in [6.07, 6.45) is 5.34. The zero-order valence-corrected chi connectivity index (χ0v) is 16.5. The molecule has 1 amide bonds. The van der Waals surface area contributed by atoms with E-state index < -0.39 is 0 Å². The third kappa shape index (κ3) is 4.47. The molecule has 5 nitrogen and oxygen atoms in total. The summed E-state index contributed by atoms with van der Waals surface area (Å²) in [4.78, 5) is 21.9. The van der Waals surface area contributed by atoms with Gasteiger partial charge < -0.3 is 0 Å². The van der Waals surface area contributed by atoms with Crippen LogP contribution in [0.4, 0.5) is 0 Å². The Morgan fingerprint density at radius 3 is 2.50 bits per heavy atom. The van der Waals surface area contributed by atoms with Gasteiger partial charge in [0.15, 0.2) is 0 Å². The quantitative estimate of drug-likeness (QED) is 0.379. The molecule has 0 spiro atoms. The number of pyridine rings is 2. The zero-order chi connectivity index (χ0) is 20.8. The molecule has 0 aliphatic rings. The Morgan fingerprint density at radius 2 is 1.70 bits per heavy atom. The Kier molecular flexibility index (Phi) is 5.71. The second kappa shape index (κ2) is 8.92. The van der Waals surface area contributed by atoms with Crippen molar-refractivity contribution in [3.63, 3.8) is 0 Å². The first-order valence-electron chi connectivity index (χ1n) is 9.59. The molecule has 0 saturated heterocycles. The van der Waals surface area contributed by atoms with E-state index in [1.165, 1.54) is 0 Å². The topological polar surface area (TPSA) is 67.2 Å². The van der Waals surface area contributed by atoms with Crippen molar-refractivity contribution < 1.29 is 4.79 Å². The molecule has 0 fully saturated rings. The lowest BCUT2D eigenvalue weighted by atomic mass is 10.1. The lowest BCUT2D eigenvalue weighted by molar-refractivity contribution is 0.0956. The maximum Gasteiger partial charge on any atom is 0.272 e. The van der Waals surface area contributed by atoms with E-state index in [-0.39, 0.29) is 5.91 Å². The Morgan fingerprint density at radius 1 is 0.933 bits per heavy atom. The largest absolute Gasteiger partial charge is 0.272 e. The van der Waals surface area contributed by atoms with E-state index >= 15 is 0 Å². The summed E-state index contributed by atoms with van der Waals surface area (Å²) in [7, 11) is 0. The van der Waals surface area contributed by atoms with Crippen molar-refractivity contribution in [1.82, 2.24) is 15.4 Å². The van der Waals surface area contributed by atoms with Gasteiger partial charge in [0.1, 0.15) is 0 Å². The van der Waals surface area contributed by atoms with Crippen molar-refractivity contribution in [2.45, 2.75) is 6.92 Å². The predicted octanol–water partition coefficient (Wildman–Crippen LogP) is 5.12. The number of rotatable bonds is 5. The Balaban J connectivity index is 1.60. The van der Waals surface area contributed by atoms with Crippen LogP contribution in [0.1, 0.15) is 22.8 Å². The first-order chi connectivity index (χ1) is 14.7. The van der Waals surface area contributed by atoms with Crippen molar-refractivity contribution in [3.8, 4) is 11.4 Å². The normalized spacial score (nSPS) is 11.7. The van der Waals surface area contributed by atoms with Gasteiger partial charge in [0.25, 0.3) is 5.91 Å². The van der Waals surface area contributed by atoms with Gasteiger partial charge in [-0.3, -0.25) is 9.78 Å². The van der Waals surface area contributed by atoms with Gasteiger partial charge in [-0.25, -0.2) is 10.4 Å². The summed E-state index contributed by atoms with van der Waals surface area (Å²) < 4.78 is 0. The molecule has 2 aromatic carbocycles. The molecule has 146 valence electrons. The fraction of sp³-hybridized carbons (Fsp3) is 0.0400. The van der Waals surface area contributed by atoms with Gasteiger partial charge in [-0.15, -0.1) is 0 Å². The van der Waals surface area contributed by atoms with Gasteiger partial charge >= 0.3 is 0 Å². The van der Waals surface area contributed by atoms with Crippen LogP contribution in [-0.2, 0) is 0 Å². The molecular weight excluding hydrogens is 372 g/mol. The number of fused-ring (bicyclic) bond motifs is 1. The van der Waals surface area contributed by atoms with Gasteiger partial charge in [0, 0.05) is 11.6 Å². The summed E-state index contributed by atoms with van der Waals surface area (Å²) in [5.74, 6) is -0.297. The molecule has 1 N–H and O–H groups in total. The summed E-state index contributed by atoms with van der Waals surface area (Å²) >= 11 is 0. The molecule has 2 heterocycles. The van der Waals surface area contributed by atoms with Crippen molar-refractivity contribution >= 4 is 29.1 Å². The van der Waals surface area contributed by atoms with Crippen molar-refractivity contribution in [2.75, 3.05) is 0 Å². The molecule has 0 radical (unpaired) electrons. The lowest BCUT2D eigenvalue weighted by Crippen LogP contribution is -2.18. The van der Waals surface area contributed by atoms with E-state index in [9.17, 15) is 4.79 Å². The van der Waals surface area contributed by atoms with Crippen LogP contribution < -0.4 is 5.43 Å². The van der Waals surface area contributed by atoms with E-state index in [1.54, 1.807) is 18.5 Å². The number of allylic oxidation sites excluding steroid dienone is 1. The fourth-order valence-electron chi connectivity index (χ4n) is 3.11. The smallest absolute Gasteiger partial charge is 0.267 e. The van der Waals surface area contributed by atoms with Crippen LogP contribution in [0.2, 0.25) is 0 Å². The number of hydrazone groups is 1. The van der Waals surface area contributed by atoms with Crippen LogP contribution in [0.15, 0.2) is 95.7 Å². The van der Waals surface area contributed by atoms with Crippen LogP contribution in [0.5, 0.6) is 0 Å². The SMILES string of the molecule is CC(/C=N\NC(=O)c1cc(-c2ccccn2)nc2ccccc12)=C\c1ccccc1. The van der Waals surface area contributed by atoms with E-state index in [1.807, 2.05) is 85.8 Å². The molecule has 0 aliphatic heterocycles. The van der Waals surface area contributed by atoms with Gasteiger partial charge in [-0.2, -0.15) is 5.10 Å². The number of carbonyl (C=O) groups excluding carboxylic acids is 1. The standard InChI is InChI=1S/C25H20N4O/c1-18(15-19-9-3-2-4-10-19)17-27-29-25(30)21-16-24(23-13-7-8-14-26-23)28-22-12-6-5-11-20(21)22/h2-17H,1H3,(H,29,30)/b18-15+,27-17-. The highest BCUT2D eigenvalue weighted by atomic mass is 16.2. The molecule has 4 rings (SSSR count). The highest BCUT2D eigenvalue weighted by Crippen LogP contribution is 2.23. The summed E-state index contributed by atoms with van der Waals surface area (Å²) in [6.45, 7) is 1.93. The third-order valence-electron chi connectivity index (χ3n) is 4.52. The van der Waals surface area contributed by atoms with Crippen LogP contribution in [0, 0.1) is 0 Å². The highest BCUT2D eigenvalue weighted by Gasteiger charge is 2.13. The number of amides is 1. The lowest BCUT2D eigenvalue weighted by Gasteiger charge is -2.08. The molecule has 0 aliphatic carbocycles. The number of nitrogens with one attached hydrogen (secondary N) is 1. The molecular formula is C25H20N4O. The van der Waals surface area contributed by atoms with E-state index in [2.05, 4.69) is 20.5 Å². The summed E-state index contributed by atoms with van der Waals surface area (Å²) in [6, 6.07) is 24.9. The van der Waals surface area contributed by atoms with Gasteiger partial charge in [0.2, 0.25) is 0 Å². The number of para-hydroxylation sites is 1. The van der Waals surface area contributed by atoms with Crippen LogP contribution >= 0.6 is 0 Å². The first kappa shape index (κ1) is 19.2. The van der Waals surface area contributed by atoms with Crippen molar-refractivity contribution in [2.24, 2.45) is 5.10 Å². The number of benzene rings is 2. The fourth-order valence-corrected chi connectivity index (χ4v) is 3.11. The Bertz CT molecular complexity index is 1230. The maximum absolute atomic E-state index is 12.9. The highest BCUT2D eigenvalue weighted by molar-refractivity contribution is 6.07. The van der Waals surface area contributed by atoms with E-state index in [0.29, 0.717) is 17.0 Å². The molecule has 0 atom stereocenters. The van der Waals surface area contributed by atoms with Crippen molar-refractivity contribution in [1.29, 1.82) is 0 Å². The molecule has 0 unspecified atom stereocenters. The Hall–Kier alpha value is -4.12. The third-order valence-corrected chi connectivity index (χ3v) is 4.52. The molecule has 2 aromatic heterocycles. The average Bonchev–Trinajstić information content (AvgIpc) is 2.79. The van der Waals surface area contributed by atoms with Crippen LogP contribution in [0.3, 0.4) is 0 Å². The second-order valence-corrected chi connectivity index (χ2v) is 6.79. The Labute approximate surface area is 174 Å². The number of hydrogen-bond donors (Lipinski definition) is 1. The maximum atomic E-state index is 12.9. The molecule has 4 aromatic rings. The number of aromatic nitrogens is 2. The monoisotopic (exact) mass is 392 g/mol. The molecule has 0 bridgehead atoms. The minimum atomic E-state index is -0.297. The van der Waals surface area contributed by atoms with Crippen LogP contribution in [0.25, 0.3) is 28.4 Å². The van der Waals surface area contributed by atoms with Gasteiger partial charge in [-0.1, -0.05) is 60.7 Å². The zero-order valence-electron chi connectivity index (χ0n) is 16.5. The predicted molar refractivity (Wildman–Crippen MR) is 121 cm³/mol. The summed E-state index contributed by atoms with van der Waals surface area (Å²) in [5, 5.41) is 4.89. The minimum absolute atomic E-state index is 0.297. The molecule has 30 heavy (non-hydrogen) atoms. The van der Waals surface area contributed by atoms with Crippen molar-refractivity contribution in [3.05, 3.63) is 102 Å². The van der Waals surface area contributed by atoms with Gasteiger partial charge in [-0.05, 0) is 42.3 Å². The number of hydrogen-bond acceptors (Lipinski definition) is 4. The van der Waals surface area contributed by atoms with E-state index in [4.69, 9.17) is 0 Å². The number of carbonyl (C=O) groups is 1. The van der Waals surface area contributed by atoms with E-state index in [0.717, 1.165) is 22.0 Å². The molecule has 5 heteroatoms. The second-order valence-electron chi connectivity index (χ2n) is 6.79.